The molecule has 0 aromatic rings. The predicted octanol–water partition coefficient (Wildman–Crippen LogP) is -1.37. The van der Waals surface area contributed by atoms with Gasteiger partial charge in [-0.25, -0.2) is 4.79 Å². The molecule has 60 valence electrons. The minimum atomic E-state index is -0.833. The lowest BCUT2D eigenvalue weighted by molar-refractivity contribution is 0.109. The van der Waals surface area contributed by atoms with Gasteiger partial charge in [-0.3, -0.25) is 0 Å². The minimum Gasteiger partial charge on any atom is -0.379 e. The number of amides is 2. The number of nitrogens with two attached hydrogens (primary N) is 2. The van der Waals surface area contributed by atoms with Crippen molar-refractivity contribution in [3.63, 3.8) is 0 Å². The van der Waals surface area contributed by atoms with E-state index in [-0.39, 0.29) is 0 Å². The Morgan fingerprint density at radius 2 is 1.70 bits per heavy atom. The quantitative estimate of drug-likeness (QED) is 0.395. The van der Waals surface area contributed by atoms with E-state index in [1.807, 2.05) is 0 Å². The van der Waals surface area contributed by atoms with Gasteiger partial charge in [-0.15, -0.1) is 0 Å². The smallest absolute Gasteiger partial charge is 0.309 e. The minimum absolute atomic E-state index is 0.833. The molecular formula is C5H13N3O2. The summed E-state index contributed by atoms with van der Waals surface area (Å²) in [7, 11) is 0. The summed E-state index contributed by atoms with van der Waals surface area (Å²) in [6, 6.07) is -0.833. The summed E-state index contributed by atoms with van der Waals surface area (Å²) in [5.74, 6) is 0. The van der Waals surface area contributed by atoms with Gasteiger partial charge in [-0.1, -0.05) is 0 Å². The third-order valence-electron chi connectivity index (χ3n) is 0.846. The van der Waals surface area contributed by atoms with E-state index in [1.54, 1.807) is 0 Å². The third kappa shape index (κ3) is 10.2. The zero-order valence-corrected chi connectivity index (χ0v) is 5.80. The number of nitrogens with one attached hydrogen (secondary N) is 1. The fourth-order valence-electron chi connectivity index (χ4n) is 0.516. The first-order valence-corrected chi connectivity index (χ1v) is 3.07. The summed E-state index contributed by atoms with van der Waals surface area (Å²) in [6.45, 7) is 3.83. The number of rotatable bonds is 0. The first kappa shape index (κ1) is 9.19. The monoisotopic (exact) mass is 147 g/mol. The van der Waals surface area contributed by atoms with Crippen LogP contribution < -0.4 is 16.8 Å². The summed E-state index contributed by atoms with van der Waals surface area (Å²) in [6.07, 6.45) is 0. The molecule has 5 nitrogen and oxygen atoms in total. The van der Waals surface area contributed by atoms with Crippen LogP contribution in [0.2, 0.25) is 0 Å². The van der Waals surface area contributed by atoms with Crippen LogP contribution in [0.15, 0.2) is 0 Å². The number of hydrogen-bond donors (Lipinski definition) is 3. The SMILES string of the molecule is C1COCCN1.NC(N)=O. The van der Waals surface area contributed by atoms with E-state index in [4.69, 9.17) is 9.53 Å². The van der Waals surface area contributed by atoms with Crippen molar-refractivity contribution in [3.05, 3.63) is 0 Å². The van der Waals surface area contributed by atoms with E-state index in [1.165, 1.54) is 0 Å². The molecule has 1 fully saturated rings. The van der Waals surface area contributed by atoms with Gasteiger partial charge in [0.15, 0.2) is 0 Å². The zero-order chi connectivity index (χ0) is 7.82. The van der Waals surface area contributed by atoms with Crippen molar-refractivity contribution < 1.29 is 9.53 Å². The van der Waals surface area contributed by atoms with Crippen LogP contribution in [0.1, 0.15) is 0 Å². The van der Waals surface area contributed by atoms with E-state index >= 15 is 0 Å². The second kappa shape index (κ2) is 6.31. The normalized spacial score (nSPS) is 16.8. The van der Waals surface area contributed by atoms with Crippen LogP contribution in [0.25, 0.3) is 0 Å². The second-order valence-corrected chi connectivity index (χ2v) is 1.76. The lowest BCUT2D eigenvalue weighted by Gasteiger charge is -2.10. The van der Waals surface area contributed by atoms with Crippen LogP contribution in [0.3, 0.4) is 0 Å². The van der Waals surface area contributed by atoms with Crippen LogP contribution in [0.5, 0.6) is 0 Å². The zero-order valence-electron chi connectivity index (χ0n) is 5.80. The maximum atomic E-state index is 9.00. The van der Waals surface area contributed by atoms with Crippen molar-refractivity contribution >= 4 is 6.03 Å². The molecule has 5 heteroatoms. The number of urea groups is 1. The summed E-state index contributed by atoms with van der Waals surface area (Å²) < 4.78 is 5.01. The Kier molecular flexibility index (Phi) is 5.80. The van der Waals surface area contributed by atoms with Gasteiger partial charge in [0.2, 0.25) is 0 Å². The molecule has 0 aliphatic carbocycles. The van der Waals surface area contributed by atoms with Gasteiger partial charge in [0.05, 0.1) is 13.2 Å². The first-order valence-electron chi connectivity index (χ1n) is 3.07. The summed E-state index contributed by atoms with van der Waals surface area (Å²) in [5.41, 5.74) is 8.50. The summed E-state index contributed by atoms with van der Waals surface area (Å²) in [4.78, 5) is 9.00. The van der Waals surface area contributed by atoms with E-state index in [9.17, 15) is 0 Å². The van der Waals surface area contributed by atoms with E-state index < -0.39 is 6.03 Å². The van der Waals surface area contributed by atoms with Gasteiger partial charge >= 0.3 is 6.03 Å². The Morgan fingerprint density at radius 3 is 1.80 bits per heavy atom. The molecule has 1 aliphatic heterocycles. The standard InChI is InChI=1S/C4H9NO.CH4N2O/c1-3-6-4-2-5-1;2-1(3)4/h5H,1-4H2;(H4,2,3,4). The van der Waals surface area contributed by atoms with Crippen molar-refractivity contribution in [3.8, 4) is 0 Å². The Morgan fingerprint density at radius 1 is 1.30 bits per heavy atom. The first-order chi connectivity index (χ1) is 4.73. The van der Waals surface area contributed by atoms with Crippen LogP contribution in [-0.4, -0.2) is 32.3 Å². The number of ether oxygens (including phenoxy) is 1. The molecule has 2 amide bonds. The molecule has 1 heterocycles. The number of morpholine rings is 1. The highest BCUT2D eigenvalue weighted by molar-refractivity contribution is 5.69. The molecular weight excluding hydrogens is 134 g/mol. The van der Waals surface area contributed by atoms with Crippen molar-refractivity contribution in [2.24, 2.45) is 11.5 Å². The van der Waals surface area contributed by atoms with Crippen LogP contribution in [-0.2, 0) is 4.74 Å². The molecule has 0 spiro atoms. The van der Waals surface area contributed by atoms with Gasteiger partial charge in [-0.2, -0.15) is 0 Å². The van der Waals surface area contributed by atoms with Gasteiger partial charge in [0.1, 0.15) is 0 Å². The molecule has 1 aliphatic rings. The topological polar surface area (TPSA) is 90.4 Å². The Hall–Kier alpha value is -0.810. The van der Waals surface area contributed by atoms with Crippen molar-refractivity contribution in [1.29, 1.82) is 0 Å². The predicted molar refractivity (Wildman–Crippen MR) is 37.5 cm³/mol. The largest absolute Gasteiger partial charge is 0.379 e. The average Bonchev–Trinajstić information content (AvgIpc) is 1.90. The number of hydrogen-bond acceptors (Lipinski definition) is 3. The molecule has 0 aromatic carbocycles. The molecule has 0 aromatic heterocycles. The van der Waals surface area contributed by atoms with Gasteiger partial charge < -0.3 is 21.5 Å². The molecule has 10 heavy (non-hydrogen) atoms. The lowest BCUT2D eigenvalue weighted by atomic mass is 10.5. The Labute approximate surface area is 59.7 Å². The van der Waals surface area contributed by atoms with Crippen molar-refractivity contribution in [1.82, 2.24) is 5.32 Å². The fourth-order valence-corrected chi connectivity index (χ4v) is 0.516. The number of primary amides is 2. The van der Waals surface area contributed by atoms with Crippen LogP contribution in [0, 0.1) is 0 Å². The maximum Gasteiger partial charge on any atom is 0.309 e. The highest BCUT2D eigenvalue weighted by Crippen LogP contribution is 1.76. The number of carbonyl (C=O) groups excluding carboxylic acids is 1. The molecule has 0 unspecified atom stereocenters. The highest BCUT2D eigenvalue weighted by atomic mass is 16.5. The molecule has 1 rings (SSSR count). The van der Waals surface area contributed by atoms with Gasteiger partial charge in [0.25, 0.3) is 0 Å². The van der Waals surface area contributed by atoms with Gasteiger partial charge in [0, 0.05) is 13.1 Å². The molecule has 1 saturated heterocycles. The molecule has 5 N–H and O–H groups in total. The van der Waals surface area contributed by atoms with E-state index in [2.05, 4.69) is 16.8 Å². The second-order valence-electron chi connectivity index (χ2n) is 1.76. The van der Waals surface area contributed by atoms with Crippen LogP contribution >= 0.6 is 0 Å². The van der Waals surface area contributed by atoms with E-state index in [0.29, 0.717) is 0 Å². The lowest BCUT2D eigenvalue weighted by Crippen LogP contribution is -2.30. The molecule has 0 saturated carbocycles. The van der Waals surface area contributed by atoms with Crippen molar-refractivity contribution in [2.45, 2.75) is 0 Å². The Bertz CT molecular complexity index is 77.4. The summed E-state index contributed by atoms with van der Waals surface area (Å²) in [5, 5.41) is 3.16. The summed E-state index contributed by atoms with van der Waals surface area (Å²) >= 11 is 0. The molecule has 0 bridgehead atoms. The van der Waals surface area contributed by atoms with E-state index in [0.717, 1.165) is 26.3 Å². The highest BCUT2D eigenvalue weighted by Gasteiger charge is 1.92. The maximum absolute atomic E-state index is 9.00. The Balaban J connectivity index is 0.000000180. The van der Waals surface area contributed by atoms with Crippen LogP contribution in [0.4, 0.5) is 4.79 Å². The molecule has 0 atom stereocenters. The molecule has 0 radical (unpaired) electrons. The average molecular weight is 147 g/mol. The fraction of sp³-hybridized carbons (Fsp3) is 0.800. The van der Waals surface area contributed by atoms with Crippen molar-refractivity contribution in [2.75, 3.05) is 26.3 Å². The number of carbonyl (C=O) groups is 1. The van der Waals surface area contributed by atoms with Gasteiger partial charge in [-0.05, 0) is 0 Å². The third-order valence-corrected chi connectivity index (χ3v) is 0.846.